The summed E-state index contributed by atoms with van der Waals surface area (Å²) in [6, 6.07) is 18.8. The summed E-state index contributed by atoms with van der Waals surface area (Å²) in [4.78, 5) is 26.1. The van der Waals surface area contributed by atoms with Crippen LogP contribution in [0.3, 0.4) is 0 Å². The highest BCUT2D eigenvalue weighted by atomic mass is 16.2. The van der Waals surface area contributed by atoms with Crippen LogP contribution in [0.2, 0.25) is 0 Å². The Labute approximate surface area is 149 Å². The molecule has 0 aliphatic carbocycles. The molecule has 2 rings (SSSR count). The second kappa shape index (κ2) is 9.47. The Morgan fingerprint density at radius 2 is 1.60 bits per heavy atom. The van der Waals surface area contributed by atoms with E-state index in [1.54, 1.807) is 12.1 Å². The van der Waals surface area contributed by atoms with E-state index < -0.39 is 0 Å². The SMILES string of the molecule is CC(CC(=O)NCCN(C)c1ccccc1)NC(=O)c1ccccc1. The van der Waals surface area contributed by atoms with Gasteiger partial charge in [0.1, 0.15) is 0 Å². The summed E-state index contributed by atoms with van der Waals surface area (Å²) >= 11 is 0. The highest BCUT2D eigenvalue weighted by Crippen LogP contribution is 2.09. The van der Waals surface area contributed by atoms with Crippen molar-refractivity contribution in [2.75, 3.05) is 25.0 Å². The largest absolute Gasteiger partial charge is 0.373 e. The molecule has 5 nitrogen and oxygen atoms in total. The Bertz CT molecular complexity index is 674. The maximum absolute atomic E-state index is 12.0. The predicted molar refractivity (Wildman–Crippen MR) is 101 cm³/mol. The number of hydrogen-bond acceptors (Lipinski definition) is 3. The fourth-order valence-electron chi connectivity index (χ4n) is 2.47. The molecule has 25 heavy (non-hydrogen) atoms. The van der Waals surface area contributed by atoms with Crippen LogP contribution in [0.25, 0.3) is 0 Å². The zero-order valence-corrected chi connectivity index (χ0v) is 14.7. The van der Waals surface area contributed by atoms with Crippen molar-refractivity contribution < 1.29 is 9.59 Å². The lowest BCUT2D eigenvalue weighted by Crippen LogP contribution is -2.39. The summed E-state index contributed by atoms with van der Waals surface area (Å²) in [5, 5.41) is 5.74. The summed E-state index contributed by atoms with van der Waals surface area (Å²) in [7, 11) is 1.99. The lowest BCUT2D eigenvalue weighted by atomic mass is 10.1. The van der Waals surface area contributed by atoms with Gasteiger partial charge < -0.3 is 15.5 Å². The van der Waals surface area contributed by atoms with Crippen molar-refractivity contribution in [1.82, 2.24) is 10.6 Å². The minimum absolute atomic E-state index is 0.0673. The Morgan fingerprint density at radius 1 is 1.00 bits per heavy atom. The molecule has 0 radical (unpaired) electrons. The molecule has 2 N–H and O–H groups in total. The van der Waals surface area contributed by atoms with Gasteiger partial charge >= 0.3 is 0 Å². The number of nitrogens with one attached hydrogen (secondary N) is 2. The van der Waals surface area contributed by atoms with Gasteiger partial charge in [0.2, 0.25) is 5.91 Å². The molecule has 0 bridgehead atoms. The van der Waals surface area contributed by atoms with E-state index in [9.17, 15) is 9.59 Å². The van der Waals surface area contributed by atoms with Gasteiger partial charge in [-0.15, -0.1) is 0 Å². The molecule has 132 valence electrons. The molecular formula is C20H25N3O2. The molecule has 1 unspecified atom stereocenters. The maximum Gasteiger partial charge on any atom is 0.251 e. The Morgan fingerprint density at radius 3 is 2.24 bits per heavy atom. The summed E-state index contributed by atoms with van der Waals surface area (Å²) in [6.45, 7) is 3.11. The van der Waals surface area contributed by atoms with Gasteiger partial charge in [0.25, 0.3) is 5.91 Å². The van der Waals surface area contributed by atoms with Gasteiger partial charge in [-0.1, -0.05) is 36.4 Å². The molecule has 0 heterocycles. The molecule has 0 aliphatic heterocycles. The zero-order valence-electron chi connectivity index (χ0n) is 14.7. The molecule has 0 spiro atoms. The third-order valence-electron chi connectivity index (χ3n) is 3.87. The van der Waals surface area contributed by atoms with Crippen LogP contribution >= 0.6 is 0 Å². The lowest BCUT2D eigenvalue weighted by molar-refractivity contribution is -0.121. The second-order valence-corrected chi connectivity index (χ2v) is 6.05. The van der Waals surface area contributed by atoms with E-state index in [4.69, 9.17) is 0 Å². The van der Waals surface area contributed by atoms with Crippen molar-refractivity contribution in [3.05, 3.63) is 66.2 Å². The van der Waals surface area contributed by atoms with Crippen LogP contribution in [0, 0.1) is 0 Å². The van der Waals surface area contributed by atoms with E-state index in [-0.39, 0.29) is 24.3 Å². The van der Waals surface area contributed by atoms with E-state index >= 15 is 0 Å². The van der Waals surface area contributed by atoms with E-state index in [1.807, 2.05) is 62.5 Å². The van der Waals surface area contributed by atoms with Crippen molar-refractivity contribution in [2.24, 2.45) is 0 Å². The van der Waals surface area contributed by atoms with E-state index in [0.29, 0.717) is 12.1 Å². The van der Waals surface area contributed by atoms with E-state index in [0.717, 1.165) is 12.2 Å². The minimum Gasteiger partial charge on any atom is -0.373 e. The molecule has 0 aromatic heterocycles. The van der Waals surface area contributed by atoms with Gasteiger partial charge in [-0.25, -0.2) is 0 Å². The van der Waals surface area contributed by atoms with Crippen LogP contribution < -0.4 is 15.5 Å². The molecule has 1 atom stereocenters. The molecule has 0 aliphatic rings. The fourth-order valence-corrected chi connectivity index (χ4v) is 2.47. The van der Waals surface area contributed by atoms with Gasteiger partial charge in [-0.2, -0.15) is 0 Å². The highest BCUT2D eigenvalue weighted by molar-refractivity contribution is 5.94. The first-order valence-corrected chi connectivity index (χ1v) is 8.45. The van der Waals surface area contributed by atoms with Gasteiger partial charge in [0.15, 0.2) is 0 Å². The number of amides is 2. The molecule has 2 aromatic rings. The van der Waals surface area contributed by atoms with Gasteiger partial charge in [-0.05, 0) is 31.2 Å². The van der Waals surface area contributed by atoms with Gasteiger partial charge in [0, 0.05) is 43.9 Å². The van der Waals surface area contributed by atoms with Gasteiger partial charge in [-0.3, -0.25) is 9.59 Å². The van der Waals surface area contributed by atoms with Crippen LogP contribution in [-0.2, 0) is 4.79 Å². The van der Waals surface area contributed by atoms with Crippen molar-refractivity contribution in [3.63, 3.8) is 0 Å². The van der Waals surface area contributed by atoms with Crippen molar-refractivity contribution >= 4 is 17.5 Å². The van der Waals surface area contributed by atoms with E-state index in [1.165, 1.54) is 0 Å². The zero-order chi connectivity index (χ0) is 18.1. The van der Waals surface area contributed by atoms with E-state index in [2.05, 4.69) is 15.5 Å². The van der Waals surface area contributed by atoms with Crippen LogP contribution in [0.5, 0.6) is 0 Å². The third-order valence-corrected chi connectivity index (χ3v) is 3.87. The average molecular weight is 339 g/mol. The molecule has 0 saturated heterocycles. The molecule has 0 saturated carbocycles. The summed E-state index contributed by atoms with van der Waals surface area (Å²) in [6.07, 6.45) is 0.258. The van der Waals surface area contributed by atoms with Crippen molar-refractivity contribution in [3.8, 4) is 0 Å². The fraction of sp³-hybridized carbons (Fsp3) is 0.300. The van der Waals surface area contributed by atoms with Crippen LogP contribution in [0.1, 0.15) is 23.7 Å². The number of para-hydroxylation sites is 1. The number of carbonyl (C=O) groups is 2. The quantitative estimate of drug-likeness (QED) is 0.776. The lowest BCUT2D eigenvalue weighted by Gasteiger charge is -2.20. The number of nitrogens with zero attached hydrogens (tertiary/aromatic N) is 1. The third kappa shape index (κ3) is 6.30. The topological polar surface area (TPSA) is 61.4 Å². The average Bonchev–Trinajstić information content (AvgIpc) is 2.63. The summed E-state index contributed by atoms with van der Waals surface area (Å²) in [5.41, 5.74) is 1.71. The normalized spacial score (nSPS) is 11.4. The number of carbonyl (C=O) groups excluding carboxylic acids is 2. The monoisotopic (exact) mass is 339 g/mol. The minimum atomic E-state index is -0.223. The summed E-state index contributed by atoms with van der Waals surface area (Å²) < 4.78 is 0. The second-order valence-electron chi connectivity index (χ2n) is 6.05. The molecule has 2 aromatic carbocycles. The number of benzene rings is 2. The van der Waals surface area contributed by atoms with Crippen LogP contribution in [0.4, 0.5) is 5.69 Å². The maximum atomic E-state index is 12.0. The number of likely N-dealkylation sites (N-methyl/N-ethyl adjacent to an activating group) is 1. The van der Waals surface area contributed by atoms with Crippen molar-refractivity contribution in [2.45, 2.75) is 19.4 Å². The molecule has 0 fully saturated rings. The number of rotatable bonds is 8. The highest BCUT2D eigenvalue weighted by Gasteiger charge is 2.13. The first-order chi connectivity index (χ1) is 12.1. The predicted octanol–water partition coefficient (Wildman–Crippen LogP) is 2.45. The first kappa shape index (κ1) is 18.5. The number of hydrogen-bond donors (Lipinski definition) is 2. The van der Waals surface area contributed by atoms with Crippen LogP contribution in [-0.4, -0.2) is 38.0 Å². The number of anilines is 1. The first-order valence-electron chi connectivity index (χ1n) is 8.45. The smallest absolute Gasteiger partial charge is 0.251 e. The van der Waals surface area contributed by atoms with Crippen molar-refractivity contribution in [1.29, 1.82) is 0 Å². The van der Waals surface area contributed by atoms with Gasteiger partial charge in [0.05, 0.1) is 0 Å². The van der Waals surface area contributed by atoms with Crippen LogP contribution in [0.15, 0.2) is 60.7 Å². The molecule has 2 amide bonds. The Kier molecular flexibility index (Phi) is 7.01. The standard InChI is InChI=1S/C20H25N3O2/c1-16(22-20(25)17-9-5-3-6-10-17)15-19(24)21-13-14-23(2)18-11-7-4-8-12-18/h3-12,16H,13-15H2,1-2H3,(H,21,24)(H,22,25). The summed E-state index contributed by atoms with van der Waals surface area (Å²) in [5.74, 6) is -0.230. The Balaban J connectivity index is 1.68. The Hall–Kier alpha value is -2.82. The molecule has 5 heteroatoms. The molecular weight excluding hydrogens is 314 g/mol.